The number of hydrogen-bond donors (Lipinski definition) is 0. The molecule has 4 rings (SSSR count). The van der Waals surface area contributed by atoms with Crippen LogP contribution < -0.4 is 9.80 Å². The van der Waals surface area contributed by atoms with Crippen LogP contribution in [0.5, 0.6) is 0 Å². The van der Waals surface area contributed by atoms with Crippen molar-refractivity contribution in [3.8, 4) is 10.7 Å². The summed E-state index contributed by atoms with van der Waals surface area (Å²) in [6.45, 7) is 3.23. The minimum atomic E-state index is -0.318. The monoisotopic (exact) mass is 332 g/mol. The summed E-state index contributed by atoms with van der Waals surface area (Å²) in [6, 6.07) is 4.91. The van der Waals surface area contributed by atoms with Gasteiger partial charge in [-0.1, -0.05) is 16.5 Å². The molecule has 0 radical (unpaired) electrons. The first kappa shape index (κ1) is 14.1. The summed E-state index contributed by atoms with van der Waals surface area (Å²) in [5.74, 6) is 0.480. The molecule has 0 atom stereocenters. The van der Waals surface area contributed by atoms with Gasteiger partial charge in [0.1, 0.15) is 23.6 Å². The largest absolute Gasteiger partial charge is 0.364 e. The molecule has 1 fully saturated rings. The second-order valence-corrected chi connectivity index (χ2v) is 6.04. The van der Waals surface area contributed by atoms with Gasteiger partial charge in [-0.15, -0.1) is 10.2 Å². The number of anilines is 2. The molecule has 0 amide bonds. The molecule has 7 nitrogen and oxygen atoms in total. The Hall–Kier alpha value is -2.55. The summed E-state index contributed by atoms with van der Waals surface area (Å²) in [6.07, 6.45) is 2.77. The molecule has 0 unspecified atom stereocenters. The van der Waals surface area contributed by atoms with Crippen molar-refractivity contribution in [2.45, 2.75) is 0 Å². The van der Waals surface area contributed by atoms with Crippen molar-refractivity contribution in [3.63, 3.8) is 0 Å². The number of aromatic nitrogens is 4. The third-order valence-electron chi connectivity index (χ3n) is 3.66. The third kappa shape index (κ3) is 2.87. The molecule has 0 saturated carbocycles. The predicted octanol–water partition coefficient (Wildman–Crippen LogP) is 2.05. The fourth-order valence-electron chi connectivity index (χ4n) is 2.45. The number of piperazine rings is 1. The minimum Gasteiger partial charge on any atom is -0.364 e. The topological polar surface area (TPSA) is 71.2 Å². The fraction of sp³-hybridized carbons (Fsp3) is 0.286. The molecule has 4 heterocycles. The Morgan fingerprint density at radius 1 is 1.04 bits per heavy atom. The maximum atomic E-state index is 12.9. The highest BCUT2D eigenvalue weighted by atomic mass is 32.1. The summed E-state index contributed by atoms with van der Waals surface area (Å²) >= 11 is 1.49. The minimum absolute atomic E-state index is 0.318. The van der Waals surface area contributed by atoms with E-state index in [0.29, 0.717) is 5.69 Å². The molecule has 0 aromatic carbocycles. The standard InChI is InChI=1S/C14H13FN6OS/c15-10-1-2-12(16-9-10)20-4-6-21(7-5-20)14-18-17-13(23-14)11-3-8-22-19-11/h1-3,8-9H,4-7H2. The van der Waals surface area contributed by atoms with Gasteiger partial charge in [-0.2, -0.15) is 0 Å². The van der Waals surface area contributed by atoms with Crippen LogP contribution in [0.15, 0.2) is 35.2 Å². The molecule has 0 bridgehead atoms. The van der Waals surface area contributed by atoms with Gasteiger partial charge in [0.15, 0.2) is 5.01 Å². The first-order chi connectivity index (χ1) is 11.3. The van der Waals surface area contributed by atoms with Crippen molar-refractivity contribution >= 4 is 22.3 Å². The van der Waals surface area contributed by atoms with E-state index in [1.807, 2.05) is 0 Å². The Morgan fingerprint density at radius 2 is 1.87 bits per heavy atom. The lowest BCUT2D eigenvalue weighted by Gasteiger charge is -2.34. The molecule has 118 valence electrons. The lowest BCUT2D eigenvalue weighted by Crippen LogP contribution is -2.46. The Morgan fingerprint density at radius 3 is 2.57 bits per heavy atom. The molecular formula is C14H13FN6OS. The third-order valence-corrected chi connectivity index (χ3v) is 4.66. The van der Waals surface area contributed by atoms with Gasteiger partial charge in [0.2, 0.25) is 5.13 Å². The van der Waals surface area contributed by atoms with Gasteiger partial charge in [-0.3, -0.25) is 0 Å². The molecule has 3 aromatic heterocycles. The maximum absolute atomic E-state index is 12.9. The Bertz CT molecular complexity index is 767. The fourth-order valence-corrected chi connectivity index (χ4v) is 3.31. The van der Waals surface area contributed by atoms with Crippen LogP contribution in [0.1, 0.15) is 0 Å². The summed E-state index contributed by atoms with van der Waals surface area (Å²) in [5, 5.41) is 13.9. The maximum Gasteiger partial charge on any atom is 0.208 e. The highest BCUT2D eigenvalue weighted by Crippen LogP contribution is 2.28. The average Bonchev–Trinajstić information content (AvgIpc) is 3.27. The van der Waals surface area contributed by atoms with E-state index in [4.69, 9.17) is 4.52 Å². The zero-order chi connectivity index (χ0) is 15.6. The van der Waals surface area contributed by atoms with Crippen molar-refractivity contribution in [2.75, 3.05) is 36.0 Å². The smallest absolute Gasteiger partial charge is 0.208 e. The molecule has 1 aliphatic rings. The summed E-state index contributed by atoms with van der Waals surface area (Å²) < 4.78 is 17.8. The van der Waals surface area contributed by atoms with Crippen LogP contribution in [0.4, 0.5) is 15.3 Å². The van der Waals surface area contributed by atoms with E-state index >= 15 is 0 Å². The Kier molecular flexibility index (Phi) is 3.62. The number of rotatable bonds is 3. The lowest BCUT2D eigenvalue weighted by molar-refractivity contribution is 0.422. The SMILES string of the molecule is Fc1ccc(N2CCN(c3nnc(-c4ccon4)s3)CC2)nc1. The van der Waals surface area contributed by atoms with Crippen LogP contribution in [0.25, 0.3) is 10.7 Å². The van der Waals surface area contributed by atoms with Crippen LogP contribution in [0, 0.1) is 5.82 Å². The van der Waals surface area contributed by atoms with Crippen molar-refractivity contribution in [3.05, 3.63) is 36.5 Å². The van der Waals surface area contributed by atoms with E-state index in [1.165, 1.54) is 29.9 Å². The van der Waals surface area contributed by atoms with Gasteiger partial charge < -0.3 is 14.3 Å². The number of nitrogens with zero attached hydrogens (tertiary/aromatic N) is 6. The van der Waals surface area contributed by atoms with Crippen molar-refractivity contribution < 1.29 is 8.91 Å². The van der Waals surface area contributed by atoms with E-state index < -0.39 is 0 Å². The summed E-state index contributed by atoms with van der Waals surface area (Å²) in [5.41, 5.74) is 0.697. The molecule has 0 aliphatic carbocycles. The normalized spacial score (nSPS) is 15.2. The molecular weight excluding hydrogens is 319 g/mol. The first-order valence-electron chi connectivity index (χ1n) is 7.15. The summed E-state index contributed by atoms with van der Waals surface area (Å²) in [7, 11) is 0. The first-order valence-corrected chi connectivity index (χ1v) is 7.97. The van der Waals surface area contributed by atoms with Crippen LogP contribution in [-0.2, 0) is 0 Å². The predicted molar refractivity (Wildman–Crippen MR) is 84.0 cm³/mol. The average molecular weight is 332 g/mol. The lowest BCUT2D eigenvalue weighted by atomic mass is 10.3. The molecule has 1 aliphatic heterocycles. The van der Waals surface area contributed by atoms with E-state index in [9.17, 15) is 4.39 Å². The van der Waals surface area contributed by atoms with Crippen molar-refractivity contribution in [1.29, 1.82) is 0 Å². The summed E-state index contributed by atoms with van der Waals surface area (Å²) in [4.78, 5) is 8.44. The zero-order valence-corrected chi connectivity index (χ0v) is 12.9. The van der Waals surface area contributed by atoms with Crippen LogP contribution >= 0.6 is 11.3 Å². The van der Waals surface area contributed by atoms with Gasteiger partial charge in [-0.05, 0) is 12.1 Å². The highest BCUT2D eigenvalue weighted by molar-refractivity contribution is 7.18. The van der Waals surface area contributed by atoms with E-state index in [0.717, 1.165) is 42.1 Å². The van der Waals surface area contributed by atoms with Gasteiger partial charge in [0.05, 0.1) is 6.20 Å². The van der Waals surface area contributed by atoms with Gasteiger partial charge in [-0.25, -0.2) is 9.37 Å². The molecule has 9 heteroatoms. The van der Waals surface area contributed by atoms with Crippen LogP contribution in [-0.4, -0.2) is 46.5 Å². The molecule has 1 saturated heterocycles. The molecule has 23 heavy (non-hydrogen) atoms. The second-order valence-electron chi connectivity index (χ2n) is 5.08. The molecule has 0 spiro atoms. The number of halogens is 1. The number of hydrogen-bond acceptors (Lipinski definition) is 8. The molecule has 0 N–H and O–H groups in total. The van der Waals surface area contributed by atoms with Gasteiger partial charge in [0.25, 0.3) is 0 Å². The quantitative estimate of drug-likeness (QED) is 0.727. The van der Waals surface area contributed by atoms with Crippen LogP contribution in [0.2, 0.25) is 0 Å². The van der Waals surface area contributed by atoms with Crippen LogP contribution in [0.3, 0.4) is 0 Å². The Balaban J connectivity index is 1.42. The van der Waals surface area contributed by atoms with Gasteiger partial charge >= 0.3 is 0 Å². The van der Waals surface area contributed by atoms with E-state index in [2.05, 4.69) is 30.1 Å². The zero-order valence-electron chi connectivity index (χ0n) is 12.1. The van der Waals surface area contributed by atoms with Crippen molar-refractivity contribution in [2.24, 2.45) is 0 Å². The van der Waals surface area contributed by atoms with E-state index in [1.54, 1.807) is 12.1 Å². The second kappa shape index (κ2) is 5.92. The Labute approximate surface area is 135 Å². The molecule has 3 aromatic rings. The number of pyridine rings is 1. The van der Waals surface area contributed by atoms with E-state index in [-0.39, 0.29) is 5.82 Å². The highest BCUT2D eigenvalue weighted by Gasteiger charge is 2.21. The van der Waals surface area contributed by atoms with Crippen molar-refractivity contribution in [1.82, 2.24) is 20.3 Å². The van der Waals surface area contributed by atoms with Gasteiger partial charge in [0, 0.05) is 32.2 Å².